The molecule has 0 saturated carbocycles. The van der Waals surface area contributed by atoms with E-state index < -0.39 is 0 Å². The molecule has 0 N–H and O–H groups in total. The Labute approximate surface area is 76.3 Å². The van der Waals surface area contributed by atoms with Crippen molar-refractivity contribution in [2.75, 3.05) is 0 Å². The van der Waals surface area contributed by atoms with Crippen molar-refractivity contribution in [1.82, 2.24) is 9.97 Å². The number of nitrogens with zero attached hydrogens (tertiary/aromatic N) is 2. The van der Waals surface area contributed by atoms with Gasteiger partial charge in [0.2, 0.25) is 0 Å². The van der Waals surface area contributed by atoms with Crippen LogP contribution in [0.5, 0.6) is 0 Å². The molecule has 0 bridgehead atoms. The zero-order chi connectivity index (χ0) is 8.97. The Hall–Kier alpha value is -0.960. The summed E-state index contributed by atoms with van der Waals surface area (Å²) >= 11 is 1.68. The standard InChI is InChI=1S/C7H6N2S.C2H6/c1-5-9-7-6(10-5)3-2-4-8-7;1-2/h2-4H,1H3;1-2H3. The molecule has 0 aliphatic heterocycles. The van der Waals surface area contributed by atoms with Crippen LogP contribution in [0.3, 0.4) is 0 Å². The van der Waals surface area contributed by atoms with Crippen LogP contribution in [-0.4, -0.2) is 9.97 Å². The summed E-state index contributed by atoms with van der Waals surface area (Å²) in [6, 6.07) is 3.97. The topological polar surface area (TPSA) is 25.8 Å². The minimum absolute atomic E-state index is 0.866. The molecule has 0 radical (unpaired) electrons. The summed E-state index contributed by atoms with van der Waals surface area (Å²) in [5, 5.41) is 1.08. The van der Waals surface area contributed by atoms with E-state index in [-0.39, 0.29) is 0 Å². The van der Waals surface area contributed by atoms with Gasteiger partial charge in [0.05, 0.1) is 9.71 Å². The van der Waals surface area contributed by atoms with Crippen LogP contribution in [0.15, 0.2) is 18.3 Å². The highest BCUT2D eigenvalue weighted by molar-refractivity contribution is 7.18. The average Bonchev–Trinajstić information content (AvgIpc) is 2.48. The van der Waals surface area contributed by atoms with Crippen molar-refractivity contribution in [2.45, 2.75) is 20.8 Å². The maximum absolute atomic E-state index is 4.22. The predicted octanol–water partition coefficient (Wildman–Crippen LogP) is 3.03. The van der Waals surface area contributed by atoms with Gasteiger partial charge in [-0.2, -0.15) is 0 Å². The van der Waals surface area contributed by atoms with Crippen LogP contribution >= 0.6 is 11.3 Å². The van der Waals surface area contributed by atoms with Crippen molar-refractivity contribution < 1.29 is 0 Å². The van der Waals surface area contributed by atoms with Crippen molar-refractivity contribution in [3.8, 4) is 0 Å². The monoisotopic (exact) mass is 180 g/mol. The largest absolute Gasteiger partial charge is 0.236 e. The van der Waals surface area contributed by atoms with E-state index in [4.69, 9.17) is 0 Å². The first-order valence-corrected chi connectivity index (χ1v) is 4.86. The quantitative estimate of drug-likeness (QED) is 0.622. The molecule has 2 nitrogen and oxygen atoms in total. The van der Waals surface area contributed by atoms with E-state index in [1.165, 1.54) is 4.70 Å². The molecule has 0 fully saturated rings. The smallest absolute Gasteiger partial charge is 0.170 e. The SMILES string of the molecule is CC.Cc1nc2ncccc2s1. The Kier molecular flexibility index (Phi) is 3.17. The Morgan fingerprint density at radius 2 is 2.08 bits per heavy atom. The van der Waals surface area contributed by atoms with Gasteiger partial charge in [-0.1, -0.05) is 13.8 Å². The van der Waals surface area contributed by atoms with E-state index in [1.807, 2.05) is 32.9 Å². The Morgan fingerprint density at radius 3 is 2.75 bits per heavy atom. The molecular weight excluding hydrogens is 168 g/mol. The summed E-state index contributed by atoms with van der Waals surface area (Å²) < 4.78 is 1.17. The van der Waals surface area contributed by atoms with Crippen LogP contribution in [0.1, 0.15) is 18.9 Å². The molecule has 0 amide bonds. The third-order valence-corrected chi connectivity index (χ3v) is 2.20. The summed E-state index contributed by atoms with van der Waals surface area (Å²) in [5.74, 6) is 0. The molecule has 3 heteroatoms. The van der Waals surface area contributed by atoms with Crippen LogP contribution in [0.25, 0.3) is 10.3 Å². The van der Waals surface area contributed by atoms with Gasteiger partial charge in [0, 0.05) is 6.20 Å². The number of aromatic nitrogens is 2. The normalized spacial score (nSPS) is 9.25. The van der Waals surface area contributed by atoms with Gasteiger partial charge >= 0.3 is 0 Å². The lowest BCUT2D eigenvalue weighted by Gasteiger charge is -1.79. The average molecular weight is 180 g/mol. The molecule has 0 unspecified atom stereocenters. The zero-order valence-electron chi connectivity index (χ0n) is 7.53. The minimum Gasteiger partial charge on any atom is -0.236 e. The zero-order valence-corrected chi connectivity index (χ0v) is 8.35. The highest BCUT2D eigenvalue weighted by Crippen LogP contribution is 2.17. The van der Waals surface area contributed by atoms with Gasteiger partial charge in [-0.25, -0.2) is 9.97 Å². The van der Waals surface area contributed by atoms with Crippen LogP contribution in [0.2, 0.25) is 0 Å². The first-order valence-electron chi connectivity index (χ1n) is 4.04. The molecule has 2 heterocycles. The van der Waals surface area contributed by atoms with Gasteiger partial charge in [-0.05, 0) is 19.1 Å². The van der Waals surface area contributed by atoms with Gasteiger partial charge in [-0.3, -0.25) is 0 Å². The van der Waals surface area contributed by atoms with Gasteiger partial charge in [0.15, 0.2) is 5.65 Å². The molecule has 0 saturated heterocycles. The number of hydrogen-bond donors (Lipinski definition) is 0. The maximum Gasteiger partial charge on any atom is 0.170 e. The summed E-state index contributed by atoms with van der Waals surface area (Å²) in [5.41, 5.74) is 0.866. The molecule has 0 aliphatic carbocycles. The van der Waals surface area contributed by atoms with Crippen LogP contribution in [0.4, 0.5) is 0 Å². The molecule has 0 atom stereocenters. The van der Waals surface area contributed by atoms with Crippen LogP contribution in [0, 0.1) is 6.92 Å². The lowest BCUT2D eigenvalue weighted by atomic mass is 10.5. The third kappa shape index (κ3) is 1.80. The number of thiazole rings is 1. The summed E-state index contributed by atoms with van der Waals surface area (Å²) in [6.45, 7) is 5.99. The third-order valence-electron chi connectivity index (χ3n) is 1.27. The maximum atomic E-state index is 4.22. The second-order valence-electron chi connectivity index (χ2n) is 2.06. The number of rotatable bonds is 0. The molecular formula is C9H12N2S. The van der Waals surface area contributed by atoms with Gasteiger partial charge in [0.25, 0.3) is 0 Å². The lowest BCUT2D eigenvalue weighted by molar-refractivity contribution is 1.27. The lowest BCUT2D eigenvalue weighted by Crippen LogP contribution is -1.72. The van der Waals surface area contributed by atoms with E-state index in [9.17, 15) is 0 Å². The second-order valence-corrected chi connectivity index (χ2v) is 3.29. The van der Waals surface area contributed by atoms with E-state index >= 15 is 0 Å². The number of hydrogen-bond acceptors (Lipinski definition) is 3. The number of fused-ring (bicyclic) bond motifs is 1. The van der Waals surface area contributed by atoms with Crippen LogP contribution < -0.4 is 0 Å². The van der Waals surface area contributed by atoms with Crippen molar-refractivity contribution in [3.05, 3.63) is 23.3 Å². The fourth-order valence-corrected chi connectivity index (χ4v) is 1.66. The predicted molar refractivity (Wildman–Crippen MR) is 53.5 cm³/mol. The van der Waals surface area contributed by atoms with Gasteiger partial charge in [-0.15, -0.1) is 11.3 Å². The molecule has 0 spiro atoms. The summed E-state index contributed by atoms with van der Waals surface area (Å²) in [4.78, 5) is 8.32. The van der Waals surface area contributed by atoms with Gasteiger partial charge < -0.3 is 0 Å². The van der Waals surface area contributed by atoms with Crippen molar-refractivity contribution in [2.24, 2.45) is 0 Å². The second kappa shape index (κ2) is 4.16. The summed E-state index contributed by atoms with van der Waals surface area (Å²) in [6.07, 6.45) is 1.77. The van der Waals surface area contributed by atoms with E-state index in [0.717, 1.165) is 10.7 Å². The Morgan fingerprint density at radius 1 is 1.33 bits per heavy atom. The van der Waals surface area contributed by atoms with E-state index in [0.29, 0.717) is 0 Å². The molecule has 0 aromatic carbocycles. The summed E-state index contributed by atoms with van der Waals surface area (Å²) in [7, 11) is 0. The Balaban J connectivity index is 0.000000336. The fourth-order valence-electron chi connectivity index (χ4n) is 0.877. The van der Waals surface area contributed by atoms with Crippen molar-refractivity contribution in [1.29, 1.82) is 0 Å². The molecule has 0 aliphatic rings. The minimum atomic E-state index is 0.866. The van der Waals surface area contributed by atoms with Gasteiger partial charge in [0.1, 0.15) is 0 Å². The highest BCUT2D eigenvalue weighted by Gasteiger charge is 1.97. The molecule has 64 valence electrons. The fraction of sp³-hybridized carbons (Fsp3) is 0.333. The molecule has 12 heavy (non-hydrogen) atoms. The first kappa shape index (κ1) is 9.13. The van der Waals surface area contributed by atoms with E-state index in [2.05, 4.69) is 9.97 Å². The highest BCUT2D eigenvalue weighted by atomic mass is 32.1. The van der Waals surface area contributed by atoms with E-state index in [1.54, 1.807) is 17.5 Å². The Bertz CT molecular complexity index is 321. The van der Waals surface area contributed by atoms with Crippen molar-refractivity contribution in [3.63, 3.8) is 0 Å². The molecule has 2 rings (SSSR count). The number of aryl methyl sites for hydroxylation is 1. The first-order chi connectivity index (χ1) is 5.86. The molecule has 2 aromatic heterocycles. The van der Waals surface area contributed by atoms with Crippen LogP contribution in [-0.2, 0) is 0 Å². The molecule has 2 aromatic rings. The van der Waals surface area contributed by atoms with Crippen molar-refractivity contribution >= 4 is 21.7 Å². The number of pyridine rings is 1.